The lowest BCUT2D eigenvalue weighted by Crippen LogP contribution is -2.05. The van der Waals surface area contributed by atoms with Crippen molar-refractivity contribution in [1.82, 2.24) is 0 Å². The largest absolute Gasteiger partial charge is 0.327 e. The number of rotatable bonds is 3. The molecule has 84 valence electrons. The van der Waals surface area contributed by atoms with E-state index in [1.165, 1.54) is 12.1 Å². The van der Waals surface area contributed by atoms with Gasteiger partial charge in [0.2, 0.25) is 0 Å². The highest BCUT2D eigenvalue weighted by Crippen LogP contribution is 2.17. The molecule has 1 rings (SSSR count). The van der Waals surface area contributed by atoms with Crippen LogP contribution in [0.2, 0.25) is 5.02 Å². The van der Waals surface area contributed by atoms with Crippen molar-refractivity contribution < 1.29 is 8.78 Å². The van der Waals surface area contributed by atoms with Gasteiger partial charge >= 0.3 is 0 Å². The fraction of sp³-hybridized carbons (Fsp3) is 0.200. The van der Waals surface area contributed by atoms with Crippen molar-refractivity contribution >= 4 is 24.0 Å². The van der Waals surface area contributed by atoms with E-state index in [0.717, 1.165) is 5.56 Å². The first-order valence-electron chi connectivity index (χ1n) is 4.09. The van der Waals surface area contributed by atoms with Crippen LogP contribution in [0.5, 0.6) is 0 Å². The molecule has 1 aromatic carbocycles. The standard InChI is InChI=1S/C10H10ClF2N.ClH/c11-9-4-7(1-2-10(9)13)3-8(5-12)6-14;/h1-2,4-5H,3,6,14H2;1H/b8-5-;. The van der Waals surface area contributed by atoms with Gasteiger partial charge in [-0.05, 0) is 29.7 Å². The van der Waals surface area contributed by atoms with Gasteiger partial charge in [-0.25, -0.2) is 8.78 Å². The van der Waals surface area contributed by atoms with Crippen LogP contribution < -0.4 is 5.73 Å². The number of halogens is 4. The lowest BCUT2D eigenvalue weighted by molar-refractivity contribution is 0.627. The fourth-order valence-electron chi connectivity index (χ4n) is 1.07. The molecule has 0 heterocycles. The molecule has 0 aliphatic heterocycles. The summed E-state index contributed by atoms with van der Waals surface area (Å²) in [6, 6.07) is 4.28. The third-order valence-electron chi connectivity index (χ3n) is 1.83. The van der Waals surface area contributed by atoms with Crippen molar-refractivity contribution in [3.05, 3.63) is 46.5 Å². The van der Waals surface area contributed by atoms with Crippen LogP contribution in [0.15, 0.2) is 30.1 Å². The van der Waals surface area contributed by atoms with Crippen molar-refractivity contribution in [2.24, 2.45) is 5.73 Å². The van der Waals surface area contributed by atoms with Crippen LogP contribution in [-0.2, 0) is 6.42 Å². The Morgan fingerprint density at radius 2 is 2.13 bits per heavy atom. The van der Waals surface area contributed by atoms with E-state index in [2.05, 4.69) is 0 Å². The Bertz CT molecular complexity index is 353. The number of nitrogens with two attached hydrogens (primary N) is 1. The van der Waals surface area contributed by atoms with Crippen molar-refractivity contribution in [2.75, 3.05) is 6.54 Å². The molecule has 0 aromatic heterocycles. The molecule has 2 N–H and O–H groups in total. The quantitative estimate of drug-likeness (QED) is 0.880. The van der Waals surface area contributed by atoms with Gasteiger partial charge in [-0.2, -0.15) is 0 Å². The van der Waals surface area contributed by atoms with Gasteiger partial charge in [0, 0.05) is 6.54 Å². The second kappa shape index (κ2) is 6.77. The smallest absolute Gasteiger partial charge is 0.141 e. The molecule has 0 atom stereocenters. The molecule has 0 aliphatic carbocycles. The van der Waals surface area contributed by atoms with Crippen LogP contribution in [0, 0.1) is 5.82 Å². The normalized spacial score (nSPS) is 11.1. The highest BCUT2D eigenvalue weighted by molar-refractivity contribution is 6.30. The molecule has 1 aromatic rings. The Kier molecular flexibility index (Phi) is 6.48. The van der Waals surface area contributed by atoms with Crippen LogP contribution in [0.3, 0.4) is 0 Å². The number of hydrogen-bond donors (Lipinski definition) is 1. The van der Waals surface area contributed by atoms with Gasteiger partial charge in [0.05, 0.1) is 11.4 Å². The van der Waals surface area contributed by atoms with Crippen molar-refractivity contribution in [2.45, 2.75) is 6.42 Å². The van der Waals surface area contributed by atoms with E-state index in [1.807, 2.05) is 0 Å². The zero-order valence-electron chi connectivity index (χ0n) is 7.84. The van der Waals surface area contributed by atoms with E-state index in [1.54, 1.807) is 6.07 Å². The number of hydrogen-bond acceptors (Lipinski definition) is 1. The van der Waals surface area contributed by atoms with E-state index in [4.69, 9.17) is 17.3 Å². The molecule has 0 bridgehead atoms. The minimum absolute atomic E-state index is 0. The Morgan fingerprint density at radius 3 is 2.60 bits per heavy atom. The summed E-state index contributed by atoms with van der Waals surface area (Å²) in [5.41, 5.74) is 6.48. The monoisotopic (exact) mass is 253 g/mol. The molecule has 0 saturated heterocycles. The van der Waals surface area contributed by atoms with Gasteiger partial charge < -0.3 is 5.73 Å². The van der Waals surface area contributed by atoms with Crippen LogP contribution >= 0.6 is 24.0 Å². The predicted octanol–water partition coefficient (Wildman–Crippen LogP) is 3.26. The summed E-state index contributed by atoms with van der Waals surface area (Å²) in [5.74, 6) is -0.478. The van der Waals surface area contributed by atoms with Gasteiger partial charge in [-0.3, -0.25) is 0 Å². The van der Waals surface area contributed by atoms with Crippen LogP contribution in [0.4, 0.5) is 8.78 Å². The molecule has 0 radical (unpaired) electrons. The molecular formula is C10H11Cl2F2N. The average Bonchev–Trinajstić information content (AvgIpc) is 2.19. The highest BCUT2D eigenvalue weighted by Gasteiger charge is 2.02. The fourth-order valence-corrected chi connectivity index (χ4v) is 1.27. The summed E-state index contributed by atoms with van der Waals surface area (Å²) < 4.78 is 24.9. The van der Waals surface area contributed by atoms with Gasteiger partial charge in [0.15, 0.2) is 0 Å². The third kappa shape index (κ3) is 4.16. The summed E-state index contributed by atoms with van der Waals surface area (Å²) in [6.45, 7) is 0.144. The molecular weight excluding hydrogens is 243 g/mol. The molecule has 15 heavy (non-hydrogen) atoms. The second-order valence-electron chi connectivity index (χ2n) is 2.90. The van der Waals surface area contributed by atoms with Crippen LogP contribution in [0.1, 0.15) is 5.56 Å². The average molecular weight is 254 g/mol. The molecule has 0 amide bonds. The third-order valence-corrected chi connectivity index (χ3v) is 2.12. The Morgan fingerprint density at radius 1 is 1.47 bits per heavy atom. The summed E-state index contributed by atoms with van der Waals surface area (Å²) in [4.78, 5) is 0. The summed E-state index contributed by atoms with van der Waals surface area (Å²) >= 11 is 5.56. The van der Waals surface area contributed by atoms with E-state index in [0.29, 0.717) is 18.3 Å². The summed E-state index contributed by atoms with van der Waals surface area (Å²) in [6.07, 6.45) is 0.824. The van der Waals surface area contributed by atoms with Crippen LogP contribution in [0.25, 0.3) is 0 Å². The van der Waals surface area contributed by atoms with E-state index < -0.39 is 5.82 Å². The Labute approximate surface area is 98.3 Å². The van der Waals surface area contributed by atoms with Gasteiger partial charge in [0.1, 0.15) is 5.82 Å². The van der Waals surface area contributed by atoms with Crippen molar-refractivity contribution in [3.63, 3.8) is 0 Å². The maximum atomic E-state index is 12.8. The highest BCUT2D eigenvalue weighted by atomic mass is 35.5. The summed E-state index contributed by atoms with van der Waals surface area (Å²) in [5, 5.41) is 0.0396. The molecule has 5 heteroatoms. The van der Waals surface area contributed by atoms with Crippen molar-refractivity contribution in [3.8, 4) is 0 Å². The molecule has 0 unspecified atom stereocenters. The first-order valence-corrected chi connectivity index (χ1v) is 4.47. The molecule has 0 spiro atoms. The molecule has 0 fully saturated rings. The minimum Gasteiger partial charge on any atom is -0.327 e. The second-order valence-corrected chi connectivity index (χ2v) is 3.30. The van der Waals surface area contributed by atoms with Crippen molar-refractivity contribution in [1.29, 1.82) is 0 Å². The van der Waals surface area contributed by atoms with E-state index >= 15 is 0 Å². The Hall–Kier alpha value is -0.640. The van der Waals surface area contributed by atoms with E-state index in [-0.39, 0.29) is 24.0 Å². The lowest BCUT2D eigenvalue weighted by atomic mass is 10.1. The maximum Gasteiger partial charge on any atom is 0.141 e. The number of benzene rings is 1. The summed E-state index contributed by atoms with van der Waals surface area (Å²) in [7, 11) is 0. The molecule has 0 aliphatic rings. The van der Waals surface area contributed by atoms with E-state index in [9.17, 15) is 8.78 Å². The first kappa shape index (κ1) is 14.4. The lowest BCUT2D eigenvalue weighted by Gasteiger charge is -2.03. The maximum absolute atomic E-state index is 12.8. The molecule has 1 nitrogen and oxygen atoms in total. The minimum atomic E-state index is -0.478. The van der Waals surface area contributed by atoms with Crippen LogP contribution in [-0.4, -0.2) is 6.54 Å². The van der Waals surface area contributed by atoms with Gasteiger partial charge in [-0.1, -0.05) is 17.7 Å². The zero-order valence-corrected chi connectivity index (χ0v) is 9.42. The SMILES string of the molecule is Cl.NC/C(=C\F)Cc1ccc(F)c(Cl)c1. The zero-order chi connectivity index (χ0) is 10.6. The Balaban J connectivity index is 0.00000196. The first-order chi connectivity index (χ1) is 6.67. The van der Waals surface area contributed by atoms with Gasteiger partial charge in [0.25, 0.3) is 0 Å². The predicted molar refractivity (Wildman–Crippen MR) is 60.6 cm³/mol. The topological polar surface area (TPSA) is 26.0 Å². The van der Waals surface area contributed by atoms with Gasteiger partial charge in [-0.15, -0.1) is 12.4 Å². The molecule has 0 saturated carbocycles.